The Hall–Kier alpha value is -2.66. The Balaban J connectivity index is 1.65. The zero-order chi connectivity index (χ0) is 19.0. The van der Waals surface area contributed by atoms with E-state index in [-0.39, 0.29) is 11.4 Å². The van der Waals surface area contributed by atoms with E-state index in [2.05, 4.69) is 11.0 Å². The van der Waals surface area contributed by atoms with Gasteiger partial charge in [-0.2, -0.15) is 0 Å². The van der Waals surface area contributed by atoms with Gasteiger partial charge in [0.15, 0.2) is 0 Å². The van der Waals surface area contributed by atoms with Crippen molar-refractivity contribution in [3.8, 4) is 0 Å². The third kappa shape index (κ3) is 3.23. The van der Waals surface area contributed by atoms with Crippen LogP contribution in [0.4, 0.5) is 5.69 Å². The number of likely N-dealkylation sites (tertiary alicyclic amines) is 1. The molecule has 0 saturated carbocycles. The summed E-state index contributed by atoms with van der Waals surface area (Å²) in [6, 6.07) is 15.8. The zero-order valence-electron chi connectivity index (χ0n) is 15.6. The van der Waals surface area contributed by atoms with Crippen LogP contribution >= 0.6 is 0 Å². The number of rotatable bonds is 3. The number of carbonyl (C=O) groups excluding carboxylic acids is 2. The summed E-state index contributed by atoms with van der Waals surface area (Å²) in [6.45, 7) is 4.12. The summed E-state index contributed by atoms with van der Waals surface area (Å²) >= 11 is 0. The lowest BCUT2D eigenvalue weighted by Crippen LogP contribution is -2.57. The highest BCUT2D eigenvalue weighted by molar-refractivity contribution is 5.93. The number of para-hydroxylation sites is 1. The summed E-state index contributed by atoms with van der Waals surface area (Å²) in [7, 11) is 0. The summed E-state index contributed by atoms with van der Waals surface area (Å²) in [5.74, 6) is -0.313. The quantitative estimate of drug-likeness (QED) is 0.912. The van der Waals surface area contributed by atoms with E-state index in [1.807, 2.05) is 41.3 Å². The Morgan fingerprint density at radius 1 is 1.15 bits per heavy atom. The number of carbonyl (C=O) groups is 2. The van der Waals surface area contributed by atoms with Gasteiger partial charge in [-0.15, -0.1) is 0 Å². The van der Waals surface area contributed by atoms with Crippen molar-refractivity contribution in [1.29, 1.82) is 0 Å². The molecule has 2 aromatic rings. The Morgan fingerprint density at radius 3 is 2.74 bits per heavy atom. The first-order chi connectivity index (χ1) is 13.0. The molecule has 2 N–H and O–H groups in total. The first-order valence-electron chi connectivity index (χ1n) is 9.48. The van der Waals surface area contributed by atoms with Crippen LogP contribution in [0.5, 0.6) is 0 Å². The minimum atomic E-state index is -0.401. The lowest BCUT2D eigenvalue weighted by Gasteiger charge is -2.46. The van der Waals surface area contributed by atoms with Gasteiger partial charge >= 0.3 is 0 Å². The van der Waals surface area contributed by atoms with Crippen molar-refractivity contribution >= 4 is 17.5 Å². The van der Waals surface area contributed by atoms with Crippen LogP contribution in [0.3, 0.4) is 0 Å². The van der Waals surface area contributed by atoms with Crippen molar-refractivity contribution in [1.82, 2.24) is 4.90 Å². The van der Waals surface area contributed by atoms with E-state index in [1.54, 1.807) is 13.0 Å². The summed E-state index contributed by atoms with van der Waals surface area (Å²) in [6.07, 6.45) is 3.13. The van der Waals surface area contributed by atoms with Crippen LogP contribution in [-0.2, 0) is 17.8 Å². The monoisotopic (exact) mass is 363 g/mol. The highest BCUT2D eigenvalue weighted by Crippen LogP contribution is 2.41. The average molecular weight is 363 g/mol. The van der Waals surface area contributed by atoms with E-state index in [9.17, 15) is 9.59 Å². The van der Waals surface area contributed by atoms with Gasteiger partial charge in [0.05, 0.1) is 0 Å². The molecule has 5 nitrogen and oxygen atoms in total. The largest absolute Gasteiger partial charge is 0.366 e. The third-order valence-electron chi connectivity index (χ3n) is 5.96. The van der Waals surface area contributed by atoms with E-state index in [4.69, 9.17) is 5.73 Å². The predicted molar refractivity (Wildman–Crippen MR) is 106 cm³/mol. The molecule has 1 atom stereocenters. The van der Waals surface area contributed by atoms with Crippen molar-refractivity contribution < 1.29 is 9.59 Å². The maximum Gasteiger partial charge on any atom is 0.248 e. The van der Waals surface area contributed by atoms with Crippen molar-refractivity contribution in [3.63, 3.8) is 0 Å². The predicted octanol–water partition coefficient (Wildman–Crippen LogP) is 2.73. The van der Waals surface area contributed by atoms with Gasteiger partial charge in [-0.05, 0) is 55.1 Å². The first kappa shape index (κ1) is 17.7. The fourth-order valence-corrected chi connectivity index (χ4v) is 4.66. The van der Waals surface area contributed by atoms with Gasteiger partial charge in [-0.25, -0.2) is 0 Å². The molecule has 0 radical (unpaired) electrons. The molecule has 2 aliphatic heterocycles. The highest BCUT2D eigenvalue weighted by atomic mass is 16.2. The third-order valence-corrected chi connectivity index (χ3v) is 5.96. The van der Waals surface area contributed by atoms with Crippen LogP contribution in [0.25, 0.3) is 0 Å². The molecular formula is C22H25N3O2. The van der Waals surface area contributed by atoms with E-state index < -0.39 is 5.91 Å². The van der Waals surface area contributed by atoms with E-state index in [0.717, 1.165) is 50.1 Å². The number of nitrogens with two attached hydrogens (primary N) is 1. The molecule has 4 rings (SSSR count). The van der Waals surface area contributed by atoms with E-state index in [0.29, 0.717) is 5.56 Å². The Morgan fingerprint density at radius 2 is 1.96 bits per heavy atom. The van der Waals surface area contributed by atoms with Gasteiger partial charge in [-0.3, -0.25) is 14.5 Å². The van der Waals surface area contributed by atoms with Gasteiger partial charge in [0.25, 0.3) is 0 Å². The molecule has 1 spiro atoms. The fourth-order valence-electron chi connectivity index (χ4n) is 4.66. The molecular weight excluding hydrogens is 338 g/mol. The minimum absolute atomic E-state index is 0.0528. The van der Waals surface area contributed by atoms with Crippen molar-refractivity contribution in [2.45, 2.75) is 38.3 Å². The van der Waals surface area contributed by atoms with Crippen LogP contribution in [0.15, 0.2) is 48.5 Å². The molecule has 140 valence electrons. The maximum atomic E-state index is 12.3. The van der Waals surface area contributed by atoms with Crippen molar-refractivity contribution in [2.24, 2.45) is 5.73 Å². The number of benzene rings is 2. The molecule has 0 bridgehead atoms. The summed E-state index contributed by atoms with van der Waals surface area (Å²) in [4.78, 5) is 28.3. The van der Waals surface area contributed by atoms with Crippen molar-refractivity contribution in [3.05, 3.63) is 65.2 Å². The summed E-state index contributed by atoms with van der Waals surface area (Å²) in [5.41, 5.74) is 9.28. The van der Waals surface area contributed by atoms with Gasteiger partial charge in [0.1, 0.15) is 0 Å². The van der Waals surface area contributed by atoms with Crippen LogP contribution in [0, 0.1) is 0 Å². The fraction of sp³-hybridized carbons (Fsp3) is 0.364. The summed E-state index contributed by atoms with van der Waals surface area (Å²) < 4.78 is 0. The molecule has 5 heteroatoms. The molecule has 2 aliphatic rings. The van der Waals surface area contributed by atoms with Gasteiger partial charge in [-0.1, -0.05) is 30.3 Å². The normalized spacial score (nSPS) is 22.0. The lowest BCUT2D eigenvalue weighted by atomic mass is 9.83. The SMILES string of the molecule is CC(=O)N1CC2(CCCN2Cc2cccc(C(N)=O)c2)Cc2ccccc21. The molecule has 1 fully saturated rings. The Bertz CT molecular complexity index is 895. The molecule has 0 aromatic heterocycles. The topological polar surface area (TPSA) is 66.6 Å². The van der Waals surface area contributed by atoms with E-state index >= 15 is 0 Å². The number of nitrogens with zero attached hydrogens (tertiary/aromatic N) is 2. The van der Waals surface area contributed by atoms with Crippen molar-refractivity contribution in [2.75, 3.05) is 18.0 Å². The number of anilines is 1. The second-order valence-corrected chi connectivity index (χ2v) is 7.72. The molecule has 2 heterocycles. The number of amides is 2. The Kier molecular flexibility index (Phi) is 4.48. The van der Waals surface area contributed by atoms with Crippen LogP contribution < -0.4 is 10.6 Å². The number of fused-ring (bicyclic) bond motifs is 1. The van der Waals surface area contributed by atoms with Crippen LogP contribution in [0.1, 0.15) is 41.3 Å². The molecule has 1 saturated heterocycles. The molecule has 2 amide bonds. The molecule has 2 aromatic carbocycles. The molecule has 27 heavy (non-hydrogen) atoms. The minimum Gasteiger partial charge on any atom is -0.366 e. The second-order valence-electron chi connectivity index (χ2n) is 7.72. The number of hydrogen-bond acceptors (Lipinski definition) is 3. The maximum absolute atomic E-state index is 12.3. The highest BCUT2D eigenvalue weighted by Gasteiger charge is 2.46. The van der Waals surface area contributed by atoms with Crippen LogP contribution in [0.2, 0.25) is 0 Å². The van der Waals surface area contributed by atoms with Gasteiger partial charge in [0.2, 0.25) is 11.8 Å². The smallest absolute Gasteiger partial charge is 0.248 e. The van der Waals surface area contributed by atoms with Gasteiger partial charge < -0.3 is 10.6 Å². The Labute approximate surface area is 159 Å². The average Bonchev–Trinajstić information content (AvgIpc) is 3.02. The zero-order valence-corrected chi connectivity index (χ0v) is 15.6. The number of hydrogen-bond donors (Lipinski definition) is 1. The molecule has 0 aliphatic carbocycles. The second kappa shape index (κ2) is 6.82. The summed E-state index contributed by atoms with van der Waals surface area (Å²) in [5, 5.41) is 0. The van der Waals surface area contributed by atoms with Gasteiger partial charge in [0, 0.05) is 36.8 Å². The van der Waals surface area contributed by atoms with E-state index in [1.165, 1.54) is 5.56 Å². The standard InChI is InChI=1S/C22H25N3O2/c1-16(26)25-15-22(13-19-7-2-3-9-20(19)25)10-5-11-24(22)14-17-6-4-8-18(12-17)21(23)27/h2-4,6-9,12H,5,10-11,13-15H2,1H3,(H2,23,27). The lowest BCUT2D eigenvalue weighted by molar-refractivity contribution is -0.117. The number of primary amides is 1. The molecule has 1 unspecified atom stereocenters. The van der Waals surface area contributed by atoms with Crippen LogP contribution in [-0.4, -0.2) is 35.3 Å². The first-order valence-corrected chi connectivity index (χ1v) is 9.48.